The van der Waals surface area contributed by atoms with Gasteiger partial charge in [-0.15, -0.1) is 0 Å². The summed E-state index contributed by atoms with van der Waals surface area (Å²) in [7, 11) is 0. The van der Waals surface area contributed by atoms with Crippen LogP contribution in [0.2, 0.25) is 5.15 Å². The zero-order valence-electron chi connectivity index (χ0n) is 6.83. The summed E-state index contributed by atoms with van der Waals surface area (Å²) in [6.45, 7) is 0. The van der Waals surface area contributed by atoms with E-state index in [1.807, 2.05) is 12.1 Å². The van der Waals surface area contributed by atoms with E-state index < -0.39 is 5.63 Å². The maximum Gasteiger partial charge on any atom is 0.447 e. The molecule has 72 valence electrons. The van der Waals surface area contributed by atoms with Gasteiger partial charge in [0.15, 0.2) is 0 Å². The zero-order chi connectivity index (χ0) is 10.1. The second kappa shape index (κ2) is 3.59. The summed E-state index contributed by atoms with van der Waals surface area (Å²) in [6.07, 6.45) is 0. The Morgan fingerprint density at radius 3 is 2.50 bits per heavy atom. The minimum atomic E-state index is -0.588. The largest absolute Gasteiger partial charge is 0.447 e. The smallest absolute Gasteiger partial charge is 0.281 e. The summed E-state index contributed by atoms with van der Waals surface area (Å²) in [5.41, 5.74) is 0.138. The van der Waals surface area contributed by atoms with Crippen LogP contribution in [0.3, 0.4) is 0 Å². The van der Waals surface area contributed by atoms with Crippen molar-refractivity contribution in [2.75, 3.05) is 0 Å². The highest BCUT2D eigenvalue weighted by Crippen LogP contribution is 2.10. The first kappa shape index (κ1) is 9.48. The number of aromatic nitrogens is 2. The maximum absolute atomic E-state index is 10.9. The molecule has 0 atom stereocenters. The molecule has 0 aliphatic rings. The molecule has 0 amide bonds. The number of benzene rings is 1. The van der Waals surface area contributed by atoms with Gasteiger partial charge in [0.05, 0.1) is 0 Å². The van der Waals surface area contributed by atoms with Crippen LogP contribution in [0.5, 0.6) is 0 Å². The van der Waals surface area contributed by atoms with Gasteiger partial charge in [-0.3, -0.25) is 4.52 Å². The van der Waals surface area contributed by atoms with Gasteiger partial charge >= 0.3 is 10.8 Å². The Morgan fingerprint density at radius 1 is 1.36 bits per heavy atom. The summed E-state index contributed by atoms with van der Waals surface area (Å²) in [5.74, 6) is 0. The molecule has 0 bridgehead atoms. The molecule has 6 heteroatoms. The summed E-state index contributed by atoms with van der Waals surface area (Å²) < 4.78 is 6.82. The molecule has 0 spiro atoms. The number of nitrogens with one attached hydrogen (secondary N) is 1. The lowest BCUT2D eigenvalue weighted by Gasteiger charge is -1.89. The summed E-state index contributed by atoms with van der Waals surface area (Å²) in [4.78, 5) is 10.9. The van der Waals surface area contributed by atoms with Crippen molar-refractivity contribution >= 4 is 27.5 Å². The molecular weight excluding hydrogens is 271 g/mol. The van der Waals surface area contributed by atoms with E-state index in [1.165, 1.54) is 4.68 Å². The predicted molar refractivity (Wildman–Crippen MR) is 53.6 cm³/mol. The molecule has 1 aromatic heterocycles. The third-order valence-electron chi connectivity index (χ3n) is 1.68. The summed E-state index contributed by atoms with van der Waals surface area (Å²) in [5, 5.41) is 2.38. The number of hydrogen-bond acceptors (Lipinski definition) is 2. The molecular formula is C8H5BrClN2O2+. The van der Waals surface area contributed by atoms with Crippen molar-refractivity contribution in [3.8, 4) is 5.69 Å². The fraction of sp³-hybridized carbons (Fsp3) is 0. The quantitative estimate of drug-likeness (QED) is 0.805. The Bertz CT molecular complexity index is 503. The first-order chi connectivity index (χ1) is 6.68. The molecule has 1 aromatic carbocycles. The van der Waals surface area contributed by atoms with Gasteiger partial charge in [-0.25, -0.2) is 4.79 Å². The standard InChI is InChI=1S/C8H4BrClN2O2/c9-5-1-3-6(4-2-5)12-7(10)8(13)14-11-12/h1-4H/p+1. The van der Waals surface area contributed by atoms with E-state index in [2.05, 4.69) is 25.7 Å². The van der Waals surface area contributed by atoms with Gasteiger partial charge in [0, 0.05) is 28.2 Å². The predicted octanol–water partition coefficient (Wildman–Crippen LogP) is 1.66. The number of aromatic amines is 1. The van der Waals surface area contributed by atoms with Gasteiger partial charge in [-0.2, -0.15) is 0 Å². The fourth-order valence-corrected chi connectivity index (χ4v) is 1.45. The van der Waals surface area contributed by atoms with Crippen molar-refractivity contribution in [2.24, 2.45) is 0 Å². The third kappa shape index (κ3) is 1.60. The summed E-state index contributed by atoms with van der Waals surface area (Å²) in [6, 6.07) is 7.26. The Kier molecular flexibility index (Phi) is 2.43. The molecule has 0 radical (unpaired) electrons. The van der Waals surface area contributed by atoms with Gasteiger partial charge in [0.1, 0.15) is 0 Å². The summed E-state index contributed by atoms with van der Waals surface area (Å²) >= 11 is 9.00. The second-order valence-electron chi connectivity index (χ2n) is 2.58. The van der Waals surface area contributed by atoms with Crippen molar-refractivity contribution in [1.29, 1.82) is 0 Å². The van der Waals surface area contributed by atoms with E-state index in [1.54, 1.807) is 12.1 Å². The normalized spacial score (nSPS) is 10.4. The van der Waals surface area contributed by atoms with E-state index in [0.29, 0.717) is 0 Å². The topological polar surface area (TPSA) is 49.9 Å². The molecule has 0 unspecified atom stereocenters. The van der Waals surface area contributed by atoms with Crippen LogP contribution in [-0.4, -0.2) is 5.27 Å². The van der Waals surface area contributed by atoms with Crippen LogP contribution in [0.15, 0.2) is 38.1 Å². The minimum absolute atomic E-state index is 0.00711. The van der Waals surface area contributed by atoms with Crippen molar-refractivity contribution in [1.82, 2.24) is 5.27 Å². The van der Waals surface area contributed by atoms with Crippen LogP contribution >= 0.6 is 27.5 Å². The van der Waals surface area contributed by atoms with E-state index in [-0.39, 0.29) is 5.15 Å². The van der Waals surface area contributed by atoms with E-state index in [4.69, 9.17) is 11.6 Å². The van der Waals surface area contributed by atoms with E-state index in [0.717, 1.165) is 10.2 Å². The molecule has 2 rings (SSSR count). The number of hydrogen-bond donors (Lipinski definition) is 1. The van der Waals surface area contributed by atoms with Crippen LogP contribution < -0.4 is 10.3 Å². The molecule has 1 heterocycles. The number of nitrogens with zero attached hydrogens (tertiary/aromatic N) is 1. The second-order valence-corrected chi connectivity index (χ2v) is 3.86. The zero-order valence-corrected chi connectivity index (χ0v) is 9.17. The molecule has 0 aliphatic carbocycles. The molecule has 1 N–H and O–H groups in total. The van der Waals surface area contributed by atoms with Crippen molar-refractivity contribution in [3.05, 3.63) is 44.3 Å². The Hall–Kier alpha value is -1.07. The Balaban J connectivity index is 2.55. The van der Waals surface area contributed by atoms with Crippen LogP contribution in [0.4, 0.5) is 0 Å². The average molecular weight is 276 g/mol. The third-order valence-corrected chi connectivity index (χ3v) is 2.53. The van der Waals surface area contributed by atoms with Gasteiger partial charge in [-0.1, -0.05) is 15.9 Å². The first-order valence-corrected chi connectivity index (χ1v) is 4.90. The number of H-pyrrole nitrogens is 1. The number of halogens is 2. The van der Waals surface area contributed by atoms with Crippen LogP contribution in [0, 0.1) is 0 Å². The maximum atomic E-state index is 10.9. The molecule has 14 heavy (non-hydrogen) atoms. The molecule has 4 nitrogen and oxygen atoms in total. The molecule has 0 saturated heterocycles. The Morgan fingerprint density at radius 2 is 2.00 bits per heavy atom. The lowest BCUT2D eigenvalue weighted by Crippen LogP contribution is -2.34. The van der Waals surface area contributed by atoms with Crippen molar-refractivity contribution in [2.45, 2.75) is 0 Å². The Labute approximate surface area is 92.2 Å². The minimum Gasteiger partial charge on any atom is -0.281 e. The lowest BCUT2D eigenvalue weighted by molar-refractivity contribution is -0.668. The SMILES string of the molecule is O=c1o[nH][n+](-c2ccc(Br)cc2)c1Cl. The van der Waals surface area contributed by atoms with Gasteiger partial charge < -0.3 is 0 Å². The highest BCUT2D eigenvalue weighted by atomic mass is 79.9. The first-order valence-electron chi connectivity index (χ1n) is 3.73. The van der Waals surface area contributed by atoms with Crippen LogP contribution in [0.1, 0.15) is 0 Å². The van der Waals surface area contributed by atoms with Crippen molar-refractivity contribution in [3.63, 3.8) is 0 Å². The van der Waals surface area contributed by atoms with Crippen LogP contribution in [-0.2, 0) is 0 Å². The van der Waals surface area contributed by atoms with Gasteiger partial charge in [-0.05, 0) is 22.1 Å². The highest BCUT2D eigenvalue weighted by Gasteiger charge is 2.20. The monoisotopic (exact) mass is 275 g/mol. The van der Waals surface area contributed by atoms with Crippen LogP contribution in [0.25, 0.3) is 5.69 Å². The highest BCUT2D eigenvalue weighted by molar-refractivity contribution is 9.10. The lowest BCUT2D eigenvalue weighted by atomic mass is 10.3. The molecule has 0 fully saturated rings. The molecule has 0 saturated carbocycles. The van der Waals surface area contributed by atoms with Gasteiger partial charge in [0.25, 0.3) is 0 Å². The van der Waals surface area contributed by atoms with Crippen molar-refractivity contribution < 1.29 is 9.20 Å². The number of rotatable bonds is 1. The van der Waals surface area contributed by atoms with E-state index >= 15 is 0 Å². The van der Waals surface area contributed by atoms with E-state index in [9.17, 15) is 4.79 Å². The average Bonchev–Trinajstić information content (AvgIpc) is 2.50. The fourth-order valence-electron chi connectivity index (χ4n) is 1.02. The molecule has 2 aromatic rings. The van der Waals surface area contributed by atoms with Gasteiger partial charge in [0.2, 0.25) is 5.69 Å². The molecule has 0 aliphatic heterocycles.